The van der Waals surface area contributed by atoms with Crippen LogP contribution in [0.1, 0.15) is 29.5 Å². The van der Waals surface area contributed by atoms with Crippen LogP contribution in [0.3, 0.4) is 0 Å². The summed E-state index contributed by atoms with van der Waals surface area (Å²) in [7, 11) is 0. The van der Waals surface area contributed by atoms with Crippen molar-refractivity contribution in [2.75, 3.05) is 5.88 Å². The van der Waals surface area contributed by atoms with Crippen molar-refractivity contribution < 1.29 is 4.39 Å². The van der Waals surface area contributed by atoms with E-state index in [-0.39, 0.29) is 11.7 Å². The third-order valence-electron chi connectivity index (χ3n) is 3.44. The lowest BCUT2D eigenvalue weighted by atomic mass is 9.93. The van der Waals surface area contributed by atoms with Crippen molar-refractivity contribution in [1.29, 1.82) is 0 Å². The van der Waals surface area contributed by atoms with Crippen molar-refractivity contribution >= 4 is 11.6 Å². The lowest BCUT2D eigenvalue weighted by Crippen LogP contribution is -2.05. The molecule has 0 saturated heterocycles. The first-order valence-corrected chi connectivity index (χ1v) is 7.15. The number of hydrogen-bond donors (Lipinski definition) is 0. The third kappa shape index (κ3) is 3.81. The molecule has 0 spiro atoms. The van der Waals surface area contributed by atoms with E-state index >= 15 is 0 Å². The predicted molar refractivity (Wildman–Crippen MR) is 79.4 cm³/mol. The quantitative estimate of drug-likeness (QED) is 0.678. The molecule has 0 fully saturated rings. The normalized spacial score (nSPS) is 12.4. The van der Waals surface area contributed by atoms with Gasteiger partial charge in [-0.2, -0.15) is 0 Å². The van der Waals surface area contributed by atoms with Gasteiger partial charge in [-0.3, -0.25) is 0 Å². The average molecular weight is 277 g/mol. The van der Waals surface area contributed by atoms with E-state index in [0.717, 1.165) is 18.4 Å². The summed E-state index contributed by atoms with van der Waals surface area (Å²) < 4.78 is 12.9. The zero-order chi connectivity index (χ0) is 13.7. The topological polar surface area (TPSA) is 0 Å². The zero-order valence-corrected chi connectivity index (χ0v) is 11.8. The van der Waals surface area contributed by atoms with Gasteiger partial charge in [0.05, 0.1) is 0 Å². The lowest BCUT2D eigenvalue weighted by Gasteiger charge is -2.14. The monoisotopic (exact) mass is 276 g/mol. The van der Waals surface area contributed by atoms with Gasteiger partial charge in [-0.25, -0.2) is 4.39 Å². The second kappa shape index (κ2) is 6.72. The van der Waals surface area contributed by atoms with E-state index in [4.69, 9.17) is 11.6 Å². The van der Waals surface area contributed by atoms with Crippen molar-refractivity contribution in [3.05, 3.63) is 71.0 Å². The minimum absolute atomic E-state index is 0.204. The van der Waals surface area contributed by atoms with Crippen LogP contribution < -0.4 is 0 Å². The molecule has 1 atom stereocenters. The summed E-state index contributed by atoms with van der Waals surface area (Å²) in [5, 5.41) is 0. The Kier molecular flexibility index (Phi) is 4.98. The Morgan fingerprint density at radius 3 is 2.05 bits per heavy atom. The Morgan fingerprint density at radius 1 is 0.947 bits per heavy atom. The number of rotatable bonds is 5. The van der Waals surface area contributed by atoms with Crippen LogP contribution in [0.25, 0.3) is 0 Å². The van der Waals surface area contributed by atoms with Gasteiger partial charge in [0, 0.05) is 11.8 Å². The van der Waals surface area contributed by atoms with Crippen LogP contribution in [-0.2, 0) is 12.8 Å². The van der Waals surface area contributed by atoms with E-state index in [1.807, 2.05) is 12.1 Å². The highest BCUT2D eigenvalue weighted by Gasteiger charge is 2.11. The SMILES string of the molecule is CCc1ccc(CC(CCl)c2ccc(F)cc2)cc1. The highest BCUT2D eigenvalue weighted by Crippen LogP contribution is 2.23. The van der Waals surface area contributed by atoms with Crippen LogP contribution in [0.4, 0.5) is 4.39 Å². The summed E-state index contributed by atoms with van der Waals surface area (Å²) in [4.78, 5) is 0. The Bertz CT molecular complexity index is 502. The minimum atomic E-state index is -0.204. The fourth-order valence-corrected chi connectivity index (χ4v) is 2.48. The van der Waals surface area contributed by atoms with Crippen LogP contribution in [0.2, 0.25) is 0 Å². The summed E-state index contributed by atoms with van der Waals surface area (Å²) in [5.41, 5.74) is 3.70. The van der Waals surface area contributed by atoms with Gasteiger partial charge in [-0.1, -0.05) is 43.3 Å². The Balaban J connectivity index is 2.11. The number of alkyl halides is 1. The molecule has 100 valence electrons. The number of benzene rings is 2. The Hall–Kier alpha value is -1.34. The largest absolute Gasteiger partial charge is 0.207 e. The Labute approximate surface area is 119 Å². The molecule has 0 saturated carbocycles. The maximum atomic E-state index is 12.9. The summed E-state index contributed by atoms with van der Waals surface area (Å²) >= 11 is 6.06. The molecular weight excluding hydrogens is 259 g/mol. The molecule has 0 bridgehead atoms. The minimum Gasteiger partial charge on any atom is -0.207 e. The van der Waals surface area contributed by atoms with Crippen molar-refractivity contribution in [2.45, 2.75) is 25.7 Å². The number of hydrogen-bond acceptors (Lipinski definition) is 0. The second-order valence-electron chi connectivity index (χ2n) is 4.78. The standard InChI is InChI=1S/C17H18ClF/c1-2-13-3-5-14(6-4-13)11-16(12-18)15-7-9-17(19)10-8-15/h3-10,16H,2,11-12H2,1H3. The molecule has 0 nitrogen and oxygen atoms in total. The molecule has 0 aliphatic rings. The van der Waals surface area contributed by atoms with Gasteiger partial charge in [0.1, 0.15) is 5.82 Å². The summed E-state index contributed by atoms with van der Waals surface area (Å²) in [5.74, 6) is 0.570. The van der Waals surface area contributed by atoms with E-state index in [1.165, 1.54) is 23.3 Å². The van der Waals surface area contributed by atoms with E-state index < -0.39 is 0 Å². The molecule has 0 radical (unpaired) electrons. The average Bonchev–Trinajstić information content (AvgIpc) is 2.46. The molecule has 0 aliphatic carbocycles. The van der Waals surface area contributed by atoms with Crippen LogP contribution in [0, 0.1) is 5.82 Å². The van der Waals surface area contributed by atoms with Crippen molar-refractivity contribution in [3.63, 3.8) is 0 Å². The predicted octanol–water partition coefficient (Wildman–Crippen LogP) is 4.95. The van der Waals surface area contributed by atoms with Crippen LogP contribution in [0.5, 0.6) is 0 Å². The molecule has 19 heavy (non-hydrogen) atoms. The Morgan fingerprint density at radius 2 is 1.53 bits per heavy atom. The smallest absolute Gasteiger partial charge is 0.123 e. The molecule has 2 aromatic rings. The van der Waals surface area contributed by atoms with Crippen LogP contribution in [-0.4, -0.2) is 5.88 Å². The molecule has 0 N–H and O–H groups in total. The lowest BCUT2D eigenvalue weighted by molar-refractivity contribution is 0.625. The van der Waals surface area contributed by atoms with Gasteiger partial charge in [0.25, 0.3) is 0 Å². The van der Waals surface area contributed by atoms with Gasteiger partial charge in [-0.05, 0) is 41.7 Å². The molecule has 0 heterocycles. The zero-order valence-electron chi connectivity index (χ0n) is 11.1. The summed E-state index contributed by atoms with van der Waals surface area (Å²) in [6.45, 7) is 2.15. The summed E-state index contributed by atoms with van der Waals surface area (Å²) in [6, 6.07) is 15.3. The van der Waals surface area contributed by atoms with Gasteiger partial charge in [-0.15, -0.1) is 11.6 Å². The van der Waals surface area contributed by atoms with E-state index in [9.17, 15) is 4.39 Å². The fourth-order valence-electron chi connectivity index (χ4n) is 2.19. The molecule has 2 aromatic carbocycles. The summed E-state index contributed by atoms with van der Waals surface area (Å²) in [6.07, 6.45) is 1.94. The molecule has 1 unspecified atom stereocenters. The van der Waals surface area contributed by atoms with Gasteiger partial charge in [0.15, 0.2) is 0 Å². The van der Waals surface area contributed by atoms with E-state index in [0.29, 0.717) is 5.88 Å². The van der Waals surface area contributed by atoms with Gasteiger partial charge in [0.2, 0.25) is 0 Å². The van der Waals surface area contributed by atoms with Gasteiger partial charge < -0.3 is 0 Å². The van der Waals surface area contributed by atoms with Crippen LogP contribution >= 0.6 is 11.6 Å². The maximum Gasteiger partial charge on any atom is 0.123 e. The maximum absolute atomic E-state index is 12.9. The van der Waals surface area contributed by atoms with Crippen molar-refractivity contribution in [1.82, 2.24) is 0 Å². The van der Waals surface area contributed by atoms with E-state index in [2.05, 4.69) is 31.2 Å². The number of aryl methyl sites for hydroxylation is 1. The molecule has 0 aromatic heterocycles. The molecular formula is C17H18ClF. The molecule has 2 heteroatoms. The molecule has 0 amide bonds. The third-order valence-corrected chi connectivity index (χ3v) is 3.81. The first-order valence-electron chi connectivity index (χ1n) is 6.62. The first kappa shape index (κ1) is 14.1. The van der Waals surface area contributed by atoms with Crippen molar-refractivity contribution in [3.8, 4) is 0 Å². The second-order valence-corrected chi connectivity index (χ2v) is 5.09. The van der Waals surface area contributed by atoms with E-state index in [1.54, 1.807) is 0 Å². The van der Waals surface area contributed by atoms with Crippen LogP contribution in [0.15, 0.2) is 48.5 Å². The van der Waals surface area contributed by atoms with Crippen molar-refractivity contribution in [2.24, 2.45) is 0 Å². The first-order chi connectivity index (χ1) is 9.22. The highest BCUT2D eigenvalue weighted by molar-refractivity contribution is 6.18. The van der Waals surface area contributed by atoms with Gasteiger partial charge >= 0.3 is 0 Å². The molecule has 0 aliphatic heterocycles. The number of halogens is 2. The fraction of sp³-hybridized carbons (Fsp3) is 0.294. The molecule has 2 rings (SSSR count). The highest BCUT2D eigenvalue weighted by atomic mass is 35.5.